The summed E-state index contributed by atoms with van der Waals surface area (Å²) >= 11 is 0. The number of hydrogen-bond acceptors (Lipinski definition) is 6. The van der Waals surface area contributed by atoms with Crippen LogP contribution in [0.25, 0.3) is 0 Å². The Balaban J connectivity index is 1.26. The second-order valence-electron chi connectivity index (χ2n) is 8.05. The molecule has 2 aliphatic carbocycles. The zero-order valence-electron chi connectivity index (χ0n) is 17.5. The predicted molar refractivity (Wildman–Crippen MR) is 123 cm³/mol. The van der Waals surface area contributed by atoms with Crippen LogP contribution in [0.3, 0.4) is 0 Å². The van der Waals surface area contributed by atoms with Crippen LogP contribution in [0.1, 0.15) is 49.7 Å². The average Bonchev–Trinajstić information content (AvgIpc) is 2.78. The van der Waals surface area contributed by atoms with Crippen molar-refractivity contribution in [1.82, 2.24) is 10.9 Å². The molecule has 0 aromatic heterocycles. The first kappa shape index (κ1) is 20.7. The second kappa shape index (κ2) is 9.98. The van der Waals surface area contributed by atoms with E-state index < -0.39 is 0 Å². The van der Waals surface area contributed by atoms with Crippen molar-refractivity contribution in [1.29, 1.82) is 0 Å². The number of allylic oxidation sites excluding steroid dienone is 4. The Labute approximate surface area is 182 Å². The third-order valence-electron chi connectivity index (χ3n) is 5.46. The molecule has 0 saturated carbocycles. The van der Waals surface area contributed by atoms with Crippen LogP contribution in [0.2, 0.25) is 0 Å². The van der Waals surface area contributed by atoms with Gasteiger partial charge in [-0.2, -0.15) is 0 Å². The highest BCUT2D eigenvalue weighted by atomic mass is 16.1. The lowest BCUT2D eigenvalue weighted by atomic mass is 10.0. The Hall–Kier alpha value is -3.54. The van der Waals surface area contributed by atoms with Crippen molar-refractivity contribution < 1.29 is 9.59 Å². The van der Waals surface area contributed by atoms with Crippen molar-refractivity contribution in [2.24, 2.45) is 0 Å². The standard InChI is InChI=1S/C25H28N4O2/c30-24-5-1-3-22(16-24)28-26-20-11-7-18(8-12-20)15-19-9-13-21(14-10-19)27-29-23-4-2-6-25(31)17-23/h7-14,16-17,26-29H,1-6,15H2. The van der Waals surface area contributed by atoms with Gasteiger partial charge in [0.05, 0.1) is 11.4 Å². The number of nitrogens with one attached hydrogen (secondary N) is 4. The van der Waals surface area contributed by atoms with Gasteiger partial charge in [-0.15, -0.1) is 0 Å². The van der Waals surface area contributed by atoms with E-state index >= 15 is 0 Å². The Morgan fingerprint density at radius 3 is 1.35 bits per heavy atom. The van der Waals surface area contributed by atoms with Gasteiger partial charge in [0.1, 0.15) is 0 Å². The van der Waals surface area contributed by atoms with E-state index in [1.165, 1.54) is 11.1 Å². The van der Waals surface area contributed by atoms with Crippen LogP contribution in [-0.4, -0.2) is 11.6 Å². The number of anilines is 2. The molecule has 4 rings (SSSR count). The van der Waals surface area contributed by atoms with E-state index in [4.69, 9.17) is 0 Å². The SMILES string of the molecule is O=C1C=C(NNc2ccc(Cc3ccc(NNC4=CC(=O)CCC4)cc3)cc2)CCC1. The van der Waals surface area contributed by atoms with Gasteiger partial charge in [0.2, 0.25) is 0 Å². The zero-order chi connectivity index (χ0) is 21.5. The maximum Gasteiger partial charge on any atom is 0.157 e. The average molecular weight is 417 g/mol. The Bertz CT molecular complexity index is 910. The van der Waals surface area contributed by atoms with Crippen LogP contribution in [0.15, 0.2) is 72.1 Å². The van der Waals surface area contributed by atoms with E-state index in [2.05, 4.69) is 46.0 Å². The number of hydrazine groups is 2. The summed E-state index contributed by atoms with van der Waals surface area (Å²) < 4.78 is 0. The van der Waals surface area contributed by atoms with Crippen LogP contribution < -0.4 is 21.7 Å². The maximum absolute atomic E-state index is 11.5. The summed E-state index contributed by atoms with van der Waals surface area (Å²) in [5, 5.41) is 0. The smallest absolute Gasteiger partial charge is 0.157 e. The van der Waals surface area contributed by atoms with Gasteiger partial charge in [-0.3, -0.25) is 9.59 Å². The molecule has 0 heterocycles. The quantitative estimate of drug-likeness (QED) is 0.478. The molecule has 6 heteroatoms. The van der Waals surface area contributed by atoms with Crippen molar-refractivity contribution in [3.63, 3.8) is 0 Å². The molecule has 0 unspecified atom stereocenters. The minimum atomic E-state index is 0.184. The van der Waals surface area contributed by atoms with E-state index in [9.17, 15) is 9.59 Å². The van der Waals surface area contributed by atoms with Crippen molar-refractivity contribution >= 4 is 22.9 Å². The molecule has 2 aliphatic rings. The van der Waals surface area contributed by atoms with Gasteiger partial charge in [-0.1, -0.05) is 24.3 Å². The van der Waals surface area contributed by atoms with Gasteiger partial charge in [0.25, 0.3) is 0 Å². The molecule has 0 saturated heterocycles. The lowest BCUT2D eigenvalue weighted by Crippen LogP contribution is -2.23. The normalized spacial score (nSPS) is 16.3. The number of rotatable bonds is 8. The van der Waals surface area contributed by atoms with Crippen LogP contribution in [-0.2, 0) is 16.0 Å². The third kappa shape index (κ3) is 6.22. The van der Waals surface area contributed by atoms with E-state index in [-0.39, 0.29) is 11.6 Å². The number of ketones is 2. The highest BCUT2D eigenvalue weighted by Crippen LogP contribution is 2.18. The molecular weight excluding hydrogens is 388 g/mol. The van der Waals surface area contributed by atoms with E-state index in [1.807, 2.05) is 24.3 Å². The highest BCUT2D eigenvalue weighted by Gasteiger charge is 2.10. The van der Waals surface area contributed by atoms with Crippen LogP contribution in [0.5, 0.6) is 0 Å². The summed E-state index contributed by atoms with van der Waals surface area (Å²) in [7, 11) is 0. The highest BCUT2D eigenvalue weighted by molar-refractivity contribution is 5.91. The molecule has 160 valence electrons. The molecule has 0 bridgehead atoms. The first-order valence-corrected chi connectivity index (χ1v) is 10.8. The van der Waals surface area contributed by atoms with Gasteiger partial charge < -0.3 is 21.7 Å². The number of hydrogen-bond donors (Lipinski definition) is 4. The topological polar surface area (TPSA) is 82.3 Å². The first-order chi connectivity index (χ1) is 15.1. The van der Waals surface area contributed by atoms with Crippen molar-refractivity contribution in [3.05, 3.63) is 83.2 Å². The third-order valence-corrected chi connectivity index (χ3v) is 5.46. The molecule has 6 nitrogen and oxygen atoms in total. The van der Waals surface area contributed by atoms with Gasteiger partial charge in [0, 0.05) is 36.4 Å². The monoisotopic (exact) mass is 416 g/mol. The maximum atomic E-state index is 11.5. The summed E-state index contributed by atoms with van der Waals surface area (Å²) in [6.07, 6.45) is 9.11. The second-order valence-corrected chi connectivity index (χ2v) is 8.05. The van der Waals surface area contributed by atoms with Crippen LogP contribution in [0.4, 0.5) is 11.4 Å². The molecule has 31 heavy (non-hydrogen) atoms. The Kier molecular flexibility index (Phi) is 6.67. The molecule has 0 amide bonds. The molecule has 2 aromatic carbocycles. The van der Waals surface area contributed by atoms with Gasteiger partial charge in [-0.05, 0) is 67.5 Å². The number of carbonyl (C=O) groups is 2. The Morgan fingerprint density at radius 1 is 0.548 bits per heavy atom. The summed E-state index contributed by atoms with van der Waals surface area (Å²) in [4.78, 5) is 23.0. The van der Waals surface area contributed by atoms with Crippen LogP contribution >= 0.6 is 0 Å². The van der Waals surface area contributed by atoms with Gasteiger partial charge in [0.15, 0.2) is 11.6 Å². The minimum Gasteiger partial charge on any atom is -0.305 e. The largest absolute Gasteiger partial charge is 0.305 e. The van der Waals surface area contributed by atoms with Crippen molar-refractivity contribution in [3.8, 4) is 0 Å². The van der Waals surface area contributed by atoms with E-state index in [0.717, 1.165) is 54.9 Å². The van der Waals surface area contributed by atoms with Gasteiger partial charge >= 0.3 is 0 Å². The van der Waals surface area contributed by atoms with Crippen LogP contribution in [0, 0.1) is 0 Å². The van der Waals surface area contributed by atoms with E-state index in [0.29, 0.717) is 12.8 Å². The summed E-state index contributed by atoms with van der Waals surface area (Å²) in [6.45, 7) is 0. The number of carbonyl (C=O) groups excluding carboxylic acids is 2. The molecule has 4 N–H and O–H groups in total. The molecular formula is C25H28N4O2. The molecule has 0 radical (unpaired) electrons. The fourth-order valence-electron chi connectivity index (χ4n) is 3.73. The lowest BCUT2D eigenvalue weighted by Gasteiger charge is -2.16. The molecule has 0 spiro atoms. The number of benzene rings is 2. The first-order valence-electron chi connectivity index (χ1n) is 10.8. The summed E-state index contributed by atoms with van der Waals surface area (Å²) in [5.74, 6) is 0.369. The Morgan fingerprint density at radius 2 is 0.968 bits per heavy atom. The fourth-order valence-corrected chi connectivity index (χ4v) is 3.73. The molecule has 0 atom stereocenters. The summed E-state index contributed by atoms with van der Waals surface area (Å²) in [5.41, 5.74) is 18.9. The van der Waals surface area contributed by atoms with Gasteiger partial charge in [-0.25, -0.2) is 0 Å². The fraction of sp³-hybridized carbons (Fsp3) is 0.280. The van der Waals surface area contributed by atoms with E-state index in [1.54, 1.807) is 12.2 Å². The predicted octanol–water partition coefficient (Wildman–Crippen LogP) is 4.38. The molecule has 0 fully saturated rings. The van der Waals surface area contributed by atoms with Crippen molar-refractivity contribution in [2.75, 3.05) is 10.9 Å². The summed E-state index contributed by atoms with van der Waals surface area (Å²) in [6, 6.07) is 16.5. The molecule has 0 aliphatic heterocycles. The lowest BCUT2D eigenvalue weighted by molar-refractivity contribution is -0.115. The van der Waals surface area contributed by atoms with Crippen molar-refractivity contribution in [2.45, 2.75) is 44.9 Å². The zero-order valence-corrected chi connectivity index (χ0v) is 17.5. The minimum absolute atomic E-state index is 0.184. The molecule has 2 aromatic rings.